The summed E-state index contributed by atoms with van der Waals surface area (Å²) in [6.45, 7) is 1.39. The Hall–Kier alpha value is -3.73. The second kappa shape index (κ2) is 8.42. The zero-order valence-corrected chi connectivity index (χ0v) is 18.2. The van der Waals surface area contributed by atoms with Crippen molar-refractivity contribution in [1.82, 2.24) is 0 Å². The van der Waals surface area contributed by atoms with E-state index in [0.717, 1.165) is 29.0 Å². The van der Waals surface area contributed by atoms with Crippen molar-refractivity contribution in [2.24, 2.45) is 5.92 Å². The predicted octanol–water partition coefficient (Wildman–Crippen LogP) is 6.19. The van der Waals surface area contributed by atoms with Crippen LogP contribution in [0.3, 0.4) is 0 Å². The van der Waals surface area contributed by atoms with Gasteiger partial charge in [-0.3, -0.25) is 4.79 Å². The molecule has 1 aliphatic carbocycles. The van der Waals surface area contributed by atoms with Crippen LogP contribution in [0.25, 0.3) is 0 Å². The van der Waals surface area contributed by atoms with Crippen molar-refractivity contribution in [3.05, 3.63) is 90.0 Å². The van der Waals surface area contributed by atoms with E-state index in [0.29, 0.717) is 23.3 Å². The molecule has 0 radical (unpaired) electrons. The number of hydrogen-bond donors (Lipinski definition) is 2. The molecule has 0 aromatic heterocycles. The molecule has 0 amide bonds. The lowest BCUT2D eigenvalue weighted by Crippen LogP contribution is -2.29. The van der Waals surface area contributed by atoms with Gasteiger partial charge in [-0.05, 0) is 65.9 Å². The molecule has 1 heterocycles. The maximum Gasteiger partial charge on any atom is 0.308 e. The smallest absolute Gasteiger partial charge is 0.308 e. The third-order valence-corrected chi connectivity index (χ3v) is 6.23. The van der Waals surface area contributed by atoms with Crippen molar-refractivity contribution in [1.29, 1.82) is 0 Å². The fourth-order valence-electron chi connectivity index (χ4n) is 4.81. The Bertz CT molecular complexity index is 1170. The lowest BCUT2D eigenvalue weighted by Gasteiger charge is -2.38. The summed E-state index contributed by atoms with van der Waals surface area (Å²) in [7, 11) is 1.59. The van der Waals surface area contributed by atoms with Gasteiger partial charge in [0, 0.05) is 29.9 Å². The maximum absolute atomic E-state index is 11.4. The first-order valence-corrected chi connectivity index (χ1v) is 10.9. The largest absolute Gasteiger partial charge is 0.493 e. The monoisotopic (exact) mass is 426 g/mol. The van der Waals surface area contributed by atoms with Gasteiger partial charge in [-0.25, -0.2) is 0 Å². The van der Waals surface area contributed by atoms with Crippen LogP contribution < -0.4 is 20.1 Å². The fourth-order valence-corrected chi connectivity index (χ4v) is 4.81. The van der Waals surface area contributed by atoms with Crippen LogP contribution in [0, 0.1) is 5.92 Å². The summed E-state index contributed by atoms with van der Waals surface area (Å²) in [5.41, 5.74) is 5.73. The average Bonchev–Trinajstić information content (AvgIpc) is 3.30. The van der Waals surface area contributed by atoms with Crippen molar-refractivity contribution in [2.45, 2.75) is 25.3 Å². The molecule has 3 atom stereocenters. The molecular weight excluding hydrogens is 400 g/mol. The van der Waals surface area contributed by atoms with Gasteiger partial charge in [0.2, 0.25) is 0 Å². The number of para-hydroxylation sites is 1. The summed E-state index contributed by atoms with van der Waals surface area (Å²) in [5.74, 6) is 1.39. The first-order valence-electron chi connectivity index (χ1n) is 10.9. The van der Waals surface area contributed by atoms with Crippen LogP contribution >= 0.6 is 0 Å². The van der Waals surface area contributed by atoms with Crippen molar-refractivity contribution < 1.29 is 14.3 Å². The lowest BCUT2D eigenvalue weighted by atomic mass is 9.77. The zero-order chi connectivity index (χ0) is 22.1. The number of nitrogens with one attached hydrogen (secondary N) is 2. The van der Waals surface area contributed by atoms with E-state index in [2.05, 4.69) is 53.1 Å². The topological polar surface area (TPSA) is 59.6 Å². The average molecular weight is 427 g/mol. The summed E-state index contributed by atoms with van der Waals surface area (Å²) < 4.78 is 10.8. The molecular formula is C27H26N2O3. The highest BCUT2D eigenvalue weighted by molar-refractivity contribution is 5.71. The van der Waals surface area contributed by atoms with Crippen LogP contribution in [0.1, 0.15) is 36.4 Å². The molecule has 3 aromatic carbocycles. The van der Waals surface area contributed by atoms with Gasteiger partial charge >= 0.3 is 5.97 Å². The number of carbonyl (C=O) groups is 1. The van der Waals surface area contributed by atoms with Gasteiger partial charge < -0.3 is 20.1 Å². The van der Waals surface area contributed by atoms with E-state index in [4.69, 9.17) is 9.47 Å². The van der Waals surface area contributed by atoms with Crippen molar-refractivity contribution in [2.75, 3.05) is 17.7 Å². The molecule has 0 bridgehead atoms. The number of carbonyl (C=O) groups excluding carboxylic acids is 1. The summed E-state index contributed by atoms with van der Waals surface area (Å²) >= 11 is 0. The Kier molecular flexibility index (Phi) is 5.31. The second-order valence-electron chi connectivity index (χ2n) is 8.27. The van der Waals surface area contributed by atoms with Crippen LogP contribution in [-0.2, 0) is 4.79 Å². The van der Waals surface area contributed by atoms with Crippen molar-refractivity contribution in [3.63, 3.8) is 0 Å². The predicted molar refractivity (Wildman–Crippen MR) is 127 cm³/mol. The molecule has 0 saturated heterocycles. The first-order chi connectivity index (χ1) is 15.6. The van der Waals surface area contributed by atoms with E-state index < -0.39 is 0 Å². The first kappa shape index (κ1) is 20.2. The Balaban J connectivity index is 1.46. The molecule has 5 rings (SSSR count). The third kappa shape index (κ3) is 3.82. The van der Waals surface area contributed by atoms with Crippen LogP contribution in [0.2, 0.25) is 0 Å². The zero-order valence-electron chi connectivity index (χ0n) is 18.2. The Labute approximate surface area is 188 Å². The minimum atomic E-state index is -0.360. The lowest BCUT2D eigenvalue weighted by molar-refractivity contribution is -0.132. The van der Waals surface area contributed by atoms with E-state index >= 15 is 0 Å². The molecule has 2 N–H and O–H groups in total. The number of anilines is 3. The number of esters is 1. The number of rotatable bonds is 5. The van der Waals surface area contributed by atoms with E-state index in [1.807, 2.05) is 36.4 Å². The second-order valence-corrected chi connectivity index (χ2v) is 8.27. The van der Waals surface area contributed by atoms with E-state index in [1.54, 1.807) is 7.11 Å². The number of hydrogen-bond acceptors (Lipinski definition) is 5. The highest BCUT2D eigenvalue weighted by Crippen LogP contribution is 2.51. The quantitative estimate of drug-likeness (QED) is 0.289. The summed E-state index contributed by atoms with van der Waals surface area (Å²) in [6.07, 6.45) is 5.61. The van der Waals surface area contributed by atoms with Crippen molar-refractivity contribution in [3.8, 4) is 11.5 Å². The van der Waals surface area contributed by atoms with Crippen LogP contribution in [0.15, 0.2) is 78.9 Å². The molecule has 0 fully saturated rings. The van der Waals surface area contributed by atoms with E-state index in [1.165, 1.54) is 12.5 Å². The van der Waals surface area contributed by atoms with Gasteiger partial charge in [-0.2, -0.15) is 0 Å². The molecule has 0 spiro atoms. The number of methoxy groups -OCH3 is 1. The summed E-state index contributed by atoms with van der Waals surface area (Å²) in [5, 5.41) is 7.26. The number of fused-ring (bicyclic) bond motifs is 3. The van der Waals surface area contributed by atoms with Gasteiger partial charge in [0.15, 0.2) is 11.5 Å². The maximum atomic E-state index is 11.4. The molecule has 162 valence electrons. The number of ether oxygens (including phenoxy) is 2. The third-order valence-electron chi connectivity index (χ3n) is 6.23. The fraction of sp³-hybridized carbons (Fsp3) is 0.222. The highest BCUT2D eigenvalue weighted by Gasteiger charge is 2.38. The minimum absolute atomic E-state index is 0.135. The van der Waals surface area contributed by atoms with Gasteiger partial charge in [0.25, 0.3) is 0 Å². The van der Waals surface area contributed by atoms with Crippen LogP contribution in [-0.4, -0.2) is 13.1 Å². The minimum Gasteiger partial charge on any atom is -0.493 e. The molecule has 5 nitrogen and oxygen atoms in total. The Morgan fingerprint density at radius 1 is 1.00 bits per heavy atom. The summed E-state index contributed by atoms with van der Waals surface area (Å²) in [4.78, 5) is 11.4. The van der Waals surface area contributed by atoms with Gasteiger partial charge in [0.1, 0.15) is 0 Å². The van der Waals surface area contributed by atoms with Gasteiger partial charge in [-0.15, -0.1) is 0 Å². The van der Waals surface area contributed by atoms with Crippen LogP contribution in [0.4, 0.5) is 17.1 Å². The van der Waals surface area contributed by atoms with E-state index in [-0.39, 0.29) is 12.0 Å². The Morgan fingerprint density at radius 3 is 2.62 bits per heavy atom. The number of benzene rings is 3. The number of allylic oxidation sites excluding steroid dienone is 2. The SMILES string of the molecule is COc1cc(C2Nc3ccc(Nc4ccccc4)cc3C3C=CCC32)ccc1OC(C)=O. The molecule has 2 aliphatic rings. The highest BCUT2D eigenvalue weighted by atomic mass is 16.6. The van der Waals surface area contributed by atoms with Crippen molar-refractivity contribution >= 4 is 23.0 Å². The molecule has 32 heavy (non-hydrogen) atoms. The summed E-state index contributed by atoms with van der Waals surface area (Å²) in [6, 6.07) is 22.7. The molecule has 3 unspecified atom stereocenters. The molecule has 1 aliphatic heterocycles. The normalized spacial score (nSPS) is 20.6. The van der Waals surface area contributed by atoms with Crippen LogP contribution in [0.5, 0.6) is 11.5 Å². The van der Waals surface area contributed by atoms with E-state index in [9.17, 15) is 4.79 Å². The molecule has 0 saturated carbocycles. The molecule has 5 heteroatoms. The van der Waals surface area contributed by atoms with Gasteiger partial charge in [0.05, 0.1) is 13.2 Å². The Morgan fingerprint density at radius 2 is 1.84 bits per heavy atom. The standard InChI is InChI=1S/C27H26N2O3/c1-17(30)32-25-14-11-18(15-26(25)31-2)27-22-10-6-9-21(22)23-16-20(12-13-24(23)29-27)28-19-7-4-3-5-8-19/h3-9,11-16,21-22,27-29H,10H2,1-2H3. The molecule has 3 aromatic rings. The van der Waals surface area contributed by atoms with Gasteiger partial charge in [-0.1, -0.05) is 36.4 Å².